The summed E-state index contributed by atoms with van der Waals surface area (Å²) >= 11 is 0. The second kappa shape index (κ2) is 8.56. The lowest BCUT2D eigenvalue weighted by Crippen LogP contribution is -2.37. The number of amides is 2. The van der Waals surface area contributed by atoms with Crippen molar-refractivity contribution < 1.29 is 23.9 Å². The molecule has 0 saturated heterocycles. The Labute approximate surface area is 163 Å². The third kappa shape index (κ3) is 4.88. The van der Waals surface area contributed by atoms with E-state index in [2.05, 4.69) is 5.32 Å². The van der Waals surface area contributed by atoms with Gasteiger partial charge < -0.3 is 14.8 Å². The number of aryl methyl sites for hydroxylation is 2. The highest BCUT2D eigenvalue weighted by Crippen LogP contribution is 2.30. The van der Waals surface area contributed by atoms with Gasteiger partial charge in [0.15, 0.2) is 6.61 Å². The van der Waals surface area contributed by atoms with Crippen molar-refractivity contribution in [1.82, 2.24) is 0 Å². The predicted molar refractivity (Wildman–Crippen MR) is 104 cm³/mol. The predicted octanol–water partition coefficient (Wildman–Crippen LogP) is 2.60. The molecule has 146 valence electrons. The highest BCUT2D eigenvalue weighted by atomic mass is 16.5. The van der Waals surface area contributed by atoms with Crippen LogP contribution in [0.3, 0.4) is 0 Å². The Morgan fingerprint density at radius 2 is 1.86 bits per heavy atom. The molecule has 0 spiro atoms. The molecule has 2 aromatic rings. The minimum atomic E-state index is -0.666. The average molecular weight is 382 g/mol. The molecule has 1 aliphatic rings. The van der Waals surface area contributed by atoms with E-state index < -0.39 is 18.5 Å². The van der Waals surface area contributed by atoms with E-state index in [4.69, 9.17) is 9.47 Å². The molecule has 3 rings (SSSR count). The van der Waals surface area contributed by atoms with Crippen LogP contribution in [0.15, 0.2) is 42.5 Å². The topological polar surface area (TPSA) is 84.9 Å². The molecule has 0 aliphatic carbocycles. The van der Waals surface area contributed by atoms with Crippen LogP contribution in [-0.2, 0) is 19.1 Å². The number of esters is 1. The van der Waals surface area contributed by atoms with E-state index in [0.717, 1.165) is 11.1 Å². The first-order valence-electron chi connectivity index (χ1n) is 8.98. The normalized spacial score (nSPS) is 13.2. The minimum Gasteiger partial charge on any atom is -0.491 e. The Morgan fingerprint density at radius 1 is 1.14 bits per heavy atom. The molecule has 7 heteroatoms. The first kappa shape index (κ1) is 19.4. The van der Waals surface area contributed by atoms with Crippen molar-refractivity contribution in [2.24, 2.45) is 0 Å². The maximum atomic E-state index is 12.3. The lowest BCUT2D eigenvalue weighted by Gasteiger charge is -2.20. The van der Waals surface area contributed by atoms with Gasteiger partial charge in [-0.2, -0.15) is 0 Å². The van der Waals surface area contributed by atoms with E-state index >= 15 is 0 Å². The summed E-state index contributed by atoms with van der Waals surface area (Å²) in [7, 11) is 0. The Hall–Kier alpha value is -3.35. The van der Waals surface area contributed by atoms with Crippen LogP contribution in [0.1, 0.15) is 17.5 Å². The molecule has 2 amide bonds. The van der Waals surface area contributed by atoms with Gasteiger partial charge in [0.2, 0.25) is 5.91 Å². The lowest BCUT2D eigenvalue weighted by molar-refractivity contribution is -0.146. The standard InChI is InChI=1S/C21H22N2O5/c1-14-9-15(2)11-16(10-14)22-19(24)13-28-21(26)12-23-17-5-3-4-6-18(17)27-8-7-20(23)25/h3-6,9-11H,7-8,12-13H2,1-2H3,(H,22,24). The summed E-state index contributed by atoms with van der Waals surface area (Å²) in [6.45, 7) is 3.41. The number of carbonyl (C=O) groups excluding carboxylic acids is 3. The summed E-state index contributed by atoms with van der Waals surface area (Å²) in [5.41, 5.74) is 3.20. The van der Waals surface area contributed by atoms with Crippen molar-refractivity contribution in [2.75, 3.05) is 30.0 Å². The molecule has 0 unspecified atom stereocenters. The molecule has 28 heavy (non-hydrogen) atoms. The number of nitrogens with zero attached hydrogens (tertiary/aromatic N) is 1. The van der Waals surface area contributed by atoms with E-state index in [1.54, 1.807) is 24.3 Å². The lowest BCUT2D eigenvalue weighted by atomic mass is 10.1. The summed E-state index contributed by atoms with van der Waals surface area (Å²) < 4.78 is 10.6. The van der Waals surface area contributed by atoms with Crippen LogP contribution in [0.25, 0.3) is 0 Å². The number of hydrogen-bond acceptors (Lipinski definition) is 5. The number of rotatable bonds is 5. The maximum absolute atomic E-state index is 12.3. The maximum Gasteiger partial charge on any atom is 0.326 e. The molecule has 1 heterocycles. The van der Waals surface area contributed by atoms with Crippen molar-refractivity contribution in [1.29, 1.82) is 0 Å². The monoisotopic (exact) mass is 382 g/mol. The number of anilines is 2. The van der Waals surface area contributed by atoms with Crippen LogP contribution in [0.5, 0.6) is 5.75 Å². The molecule has 1 N–H and O–H groups in total. The van der Waals surface area contributed by atoms with Gasteiger partial charge in [-0.3, -0.25) is 19.3 Å². The molecular formula is C21H22N2O5. The van der Waals surface area contributed by atoms with Gasteiger partial charge in [-0.15, -0.1) is 0 Å². The summed E-state index contributed by atoms with van der Waals surface area (Å²) in [5.74, 6) is -0.805. The van der Waals surface area contributed by atoms with E-state index in [-0.39, 0.29) is 25.5 Å². The molecule has 0 aromatic heterocycles. The van der Waals surface area contributed by atoms with Crippen LogP contribution in [-0.4, -0.2) is 37.5 Å². The van der Waals surface area contributed by atoms with Crippen LogP contribution >= 0.6 is 0 Å². The van der Waals surface area contributed by atoms with Crippen molar-refractivity contribution in [3.8, 4) is 5.75 Å². The third-order valence-corrected chi connectivity index (χ3v) is 4.19. The Balaban J connectivity index is 1.58. The summed E-state index contributed by atoms with van der Waals surface area (Å²) in [4.78, 5) is 37.9. The fraction of sp³-hybridized carbons (Fsp3) is 0.286. The largest absolute Gasteiger partial charge is 0.491 e. The average Bonchev–Trinajstić information content (AvgIpc) is 2.78. The first-order valence-corrected chi connectivity index (χ1v) is 8.98. The van der Waals surface area contributed by atoms with Gasteiger partial charge in [-0.25, -0.2) is 0 Å². The minimum absolute atomic E-state index is 0.162. The first-order chi connectivity index (χ1) is 13.4. The molecule has 0 saturated carbocycles. The zero-order valence-electron chi connectivity index (χ0n) is 15.9. The number of benzene rings is 2. The van der Waals surface area contributed by atoms with Crippen LogP contribution in [0.4, 0.5) is 11.4 Å². The number of ether oxygens (including phenoxy) is 2. The van der Waals surface area contributed by atoms with Gasteiger partial charge in [0.05, 0.1) is 18.7 Å². The second-order valence-corrected chi connectivity index (χ2v) is 6.63. The van der Waals surface area contributed by atoms with Crippen LogP contribution in [0.2, 0.25) is 0 Å². The van der Waals surface area contributed by atoms with Crippen molar-refractivity contribution in [2.45, 2.75) is 20.3 Å². The van der Waals surface area contributed by atoms with Crippen LogP contribution in [0, 0.1) is 13.8 Å². The Bertz CT molecular complexity index is 889. The molecule has 1 aliphatic heterocycles. The smallest absolute Gasteiger partial charge is 0.326 e. The zero-order valence-corrected chi connectivity index (χ0v) is 15.9. The van der Waals surface area contributed by atoms with E-state index in [1.165, 1.54) is 4.90 Å². The third-order valence-electron chi connectivity index (χ3n) is 4.19. The number of nitrogens with one attached hydrogen (secondary N) is 1. The van der Waals surface area contributed by atoms with Crippen molar-refractivity contribution >= 4 is 29.2 Å². The number of fused-ring (bicyclic) bond motifs is 1. The van der Waals surface area contributed by atoms with Gasteiger partial charge >= 0.3 is 5.97 Å². The van der Waals surface area contributed by atoms with Gasteiger partial charge in [0.1, 0.15) is 12.3 Å². The molecule has 0 atom stereocenters. The second-order valence-electron chi connectivity index (χ2n) is 6.63. The Morgan fingerprint density at radius 3 is 2.61 bits per heavy atom. The molecule has 0 radical (unpaired) electrons. The van der Waals surface area contributed by atoms with E-state index in [9.17, 15) is 14.4 Å². The van der Waals surface area contributed by atoms with Gasteiger partial charge in [-0.1, -0.05) is 18.2 Å². The molecular weight excluding hydrogens is 360 g/mol. The van der Waals surface area contributed by atoms with Gasteiger partial charge in [0, 0.05) is 5.69 Å². The number of hydrogen-bond donors (Lipinski definition) is 1. The molecule has 0 fully saturated rings. The quantitative estimate of drug-likeness (QED) is 0.804. The fourth-order valence-electron chi connectivity index (χ4n) is 3.06. The highest BCUT2D eigenvalue weighted by molar-refractivity contribution is 6.00. The molecule has 0 bridgehead atoms. The van der Waals surface area contributed by atoms with E-state index in [0.29, 0.717) is 17.1 Å². The van der Waals surface area contributed by atoms with Crippen molar-refractivity contribution in [3.63, 3.8) is 0 Å². The summed E-state index contributed by atoms with van der Waals surface area (Å²) in [6, 6.07) is 12.7. The van der Waals surface area contributed by atoms with E-state index in [1.807, 2.05) is 32.0 Å². The van der Waals surface area contributed by atoms with Crippen molar-refractivity contribution in [3.05, 3.63) is 53.6 Å². The number of carbonyl (C=O) groups is 3. The molecule has 7 nitrogen and oxygen atoms in total. The van der Waals surface area contributed by atoms with Crippen LogP contribution < -0.4 is 15.0 Å². The van der Waals surface area contributed by atoms with Gasteiger partial charge in [0.25, 0.3) is 5.91 Å². The fourth-order valence-corrected chi connectivity index (χ4v) is 3.06. The number of para-hydroxylation sites is 2. The molecule has 2 aromatic carbocycles. The van der Waals surface area contributed by atoms with Gasteiger partial charge in [-0.05, 0) is 49.2 Å². The zero-order chi connectivity index (χ0) is 20.1. The SMILES string of the molecule is Cc1cc(C)cc(NC(=O)COC(=O)CN2C(=O)CCOc3ccccc32)c1. The Kier molecular flexibility index (Phi) is 5.93. The summed E-state index contributed by atoms with van der Waals surface area (Å²) in [5, 5.41) is 2.70. The summed E-state index contributed by atoms with van der Waals surface area (Å²) in [6.07, 6.45) is 0.162. The highest BCUT2D eigenvalue weighted by Gasteiger charge is 2.25.